The first kappa shape index (κ1) is 15.6. The van der Waals surface area contributed by atoms with Crippen LogP contribution in [0.5, 0.6) is 0 Å². The van der Waals surface area contributed by atoms with E-state index >= 15 is 0 Å². The van der Waals surface area contributed by atoms with Crippen LogP contribution in [0.3, 0.4) is 0 Å². The van der Waals surface area contributed by atoms with Gasteiger partial charge in [0.15, 0.2) is 5.69 Å². The monoisotopic (exact) mass is 268 g/mol. The fourth-order valence-electron chi connectivity index (χ4n) is 2.07. The molecule has 0 aliphatic heterocycles. The van der Waals surface area contributed by atoms with E-state index < -0.39 is 0 Å². The van der Waals surface area contributed by atoms with E-state index in [-0.39, 0.29) is 11.9 Å². The number of rotatable bonds is 7. The Balaban J connectivity index is 2.76. The van der Waals surface area contributed by atoms with Crippen molar-refractivity contribution in [2.75, 3.05) is 33.7 Å². The minimum atomic E-state index is -0.0832. The standard InChI is InChI=1S/C12H24N6O/c1-5-18(10(2)8-16(3)4)12(19)11-9-17(7-6-13)15-14-11/h9-10H,5-8,13H2,1-4H3. The summed E-state index contributed by atoms with van der Waals surface area (Å²) in [5, 5.41) is 7.81. The van der Waals surface area contributed by atoms with Gasteiger partial charge in [0, 0.05) is 25.7 Å². The van der Waals surface area contributed by atoms with Gasteiger partial charge in [-0.2, -0.15) is 0 Å². The Hall–Kier alpha value is -1.47. The second-order valence-electron chi connectivity index (χ2n) is 4.86. The first-order valence-electron chi connectivity index (χ1n) is 6.55. The van der Waals surface area contributed by atoms with Crippen LogP contribution in [-0.4, -0.2) is 70.5 Å². The Kier molecular flexibility index (Phi) is 5.91. The highest BCUT2D eigenvalue weighted by atomic mass is 16.2. The average molecular weight is 268 g/mol. The molecule has 1 amide bonds. The van der Waals surface area contributed by atoms with Crippen molar-refractivity contribution in [3.05, 3.63) is 11.9 Å². The highest BCUT2D eigenvalue weighted by Gasteiger charge is 2.22. The van der Waals surface area contributed by atoms with E-state index in [9.17, 15) is 4.79 Å². The molecule has 0 aromatic carbocycles. The largest absolute Gasteiger partial charge is 0.333 e. The Bertz CT molecular complexity index is 403. The van der Waals surface area contributed by atoms with E-state index in [2.05, 4.69) is 15.2 Å². The molecule has 1 rings (SSSR count). The summed E-state index contributed by atoms with van der Waals surface area (Å²) in [5.41, 5.74) is 5.82. The van der Waals surface area contributed by atoms with Crippen LogP contribution in [0.15, 0.2) is 6.20 Å². The number of hydrogen-bond acceptors (Lipinski definition) is 5. The highest BCUT2D eigenvalue weighted by Crippen LogP contribution is 2.06. The van der Waals surface area contributed by atoms with Crippen molar-refractivity contribution in [2.45, 2.75) is 26.4 Å². The lowest BCUT2D eigenvalue weighted by Crippen LogP contribution is -2.43. The van der Waals surface area contributed by atoms with E-state index in [0.717, 1.165) is 6.54 Å². The molecule has 108 valence electrons. The van der Waals surface area contributed by atoms with Gasteiger partial charge >= 0.3 is 0 Å². The summed E-state index contributed by atoms with van der Waals surface area (Å²) in [6.45, 7) is 6.51. The summed E-state index contributed by atoms with van der Waals surface area (Å²) in [6.07, 6.45) is 1.65. The number of amides is 1. The zero-order valence-electron chi connectivity index (χ0n) is 12.2. The minimum absolute atomic E-state index is 0.0832. The summed E-state index contributed by atoms with van der Waals surface area (Å²) in [6, 6.07) is 0.132. The van der Waals surface area contributed by atoms with Crippen molar-refractivity contribution in [3.8, 4) is 0 Å². The molecule has 1 unspecified atom stereocenters. The van der Waals surface area contributed by atoms with E-state index in [4.69, 9.17) is 5.73 Å². The zero-order chi connectivity index (χ0) is 14.4. The van der Waals surface area contributed by atoms with Crippen molar-refractivity contribution in [3.63, 3.8) is 0 Å². The van der Waals surface area contributed by atoms with Gasteiger partial charge in [0.25, 0.3) is 5.91 Å². The van der Waals surface area contributed by atoms with Crippen LogP contribution in [0.1, 0.15) is 24.3 Å². The van der Waals surface area contributed by atoms with E-state index in [1.54, 1.807) is 15.8 Å². The normalized spacial score (nSPS) is 12.7. The summed E-state index contributed by atoms with van der Waals surface area (Å²) in [4.78, 5) is 16.2. The fraction of sp³-hybridized carbons (Fsp3) is 0.750. The lowest BCUT2D eigenvalue weighted by atomic mass is 10.2. The molecule has 1 heterocycles. The van der Waals surface area contributed by atoms with Crippen molar-refractivity contribution in [2.24, 2.45) is 5.73 Å². The number of hydrogen-bond donors (Lipinski definition) is 1. The number of likely N-dealkylation sites (N-methyl/N-ethyl adjacent to an activating group) is 2. The molecule has 0 saturated carbocycles. The molecule has 0 saturated heterocycles. The van der Waals surface area contributed by atoms with Gasteiger partial charge in [-0.3, -0.25) is 9.48 Å². The molecular weight excluding hydrogens is 244 g/mol. The number of carbonyl (C=O) groups is 1. The molecule has 19 heavy (non-hydrogen) atoms. The van der Waals surface area contributed by atoms with Crippen molar-refractivity contribution in [1.29, 1.82) is 0 Å². The molecular formula is C12H24N6O. The van der Waals surface area contributed by atoms with Crippen LogP contribution < -0.4 is 5.73 Å². The van der Waals surface area contributed by atoms with E-state index in [1.165, 1.54) is 0 Å². The Morgan fingerprint density at radius 3 is 2.74 bits per heavy atom. The highest BCUT2D eigenvalue weighted by molar-refractivity contribution is 5.92. The molecule has 1 atom stereocenters. The van der Waals surface area contributed by atoms with Gasteiger partial charge in [0.2, 0.25) is 0 Å². The molecule has 7 heteroatoms. The first-order chi connectivity index (χ1) is 8.99. The van der Waals surface area contributed by atoms with Crippen LogP contribution in [0.25, 0.3) is 0 Å². The van der Waals surface area contributed by atoms with Crippen LogP contribution in [0.2, 0.25) is 0 Å². The van der Waals surface area contributed by atoms with Crippen LogP contribution in [-0.2, 0) is 6.54 Å². The van der Waals surface area contributed by atoms with Crippen LogP contribution >= 0.6 is 0 Å². The summed E-state index contributed by atoms with van der Waals surface area (Å²) in [5.74, 6) is -0.0832. The van der Waals surface area contributed by atoms with Gasteiger partial charge in [-0.15, -0.1) is 5.10 Å². The molecule has 0 radical (unpaired) electrons. The van der Waals surface area contributed by atoms with Gasteiger partial charge < -0.3 is 15.5 Å². The average Bonchev–Trinajstić information content (AvgIpc) is 2.78. The maximum atomic E-state index is 12.4. The predicted octanol–water partition coefficient (Wildman–Crippen LogP) is -0.351. The molecule has 1 aromatic rings. The number of nitrogens with two attached hydrogens (primary N) is 1. The molecule has 7 nitrogen and oxygen atoms in total. The maximum Gasteiger partial charge on any atom is 0.276 e. The Labute approximate surface area is 114 Å². The lowest BCUT2D eigenvalue weighted by molar-refractivity contribution is 0.0673. The third-order valence-corrected chi connectivity index (χ3v) is 2.88. The predicted molar refractivity (Wildman–Crippen MR) is 73.8 cm³/mol. The first-order valence-corrected chi connectivity index (χ1v) is 6.55. The smallest absolute Gasteiger partial charge is 0.276 e. The quantitative estimate of drug-likeness (QED) is 0.731. The topological polar surface area (TPSA) is 80.3 Å². The molecule has 0 aliphatic rings. The third kappa shape index (κ3) is 4.29. The van der Waals surface area contributed by atoms with Gasteiger partial charge in [0.1, 0.15) is 0 Å². The summed E-state index contributed by atoms with van der Waals surface area (Å²) >= 11 is 0. The van der Waals surface area contributed by atoms with Crippen molar-refractivity contribution < 1.29 is 4.79 Å². The van der Waals surface area contributed by atoms with E-state index in [1.807, 2.05) is 27.9 Å². The minimum Gasteiger partial charge on any atom is -0.333 e. The zero-order valence-corrected chi connectivity index (χ0v) is 12.2. The second-order valence-corrected chi connectivity index (χ2v) is 4.86. The summed E-state index contributed by atoms with van der Waals surface area (Å²) < 4.78 is 1.59. The van der Waals surface area contributed by atoms with Gasteiger partial charge in [0.05, 0.1) is 12.7 Å². The molecule has 0 aliphatic carbocycles. The van der Waals surface area contributed by atoms with Gasteiger partial charge in [-0.25, -0.2) is 0 Å². The molecule has 1 aromatic heterocycles. The lowest BCUT2D eigenvalue weighted by Gasteiger charge is -2.29. The van der Waals surface area contributed by atoms with Gasteiger partial charge in [-0.05, 0) is 27.9 Å². The Morgan fingerprint density at radius 2 is 2.21 bits per heavy atom. The fourth-order valence-corrected chi connectivity index (χ4v) is 2.07. The van der Waals surface area contributed by atoms with Gasteiger partial charge in [-0.1, -0.05) is 5.21 Å². The number of nitrogens with zero attached hydrogens (tertiary/aromatic N) is 5. The molecule has 0 spiro atoms. The van der Waals surface area contributed by atoms with E-state index in [0.29, 0.717) is 25.3 Å². The van der Waals surface area contributed by atoms with Crippen molar-refractivity contribution >= 4 is 5.91 Å². The number of carbonyl (C=O) groups excluding carboxylic acids is 1. The van der Waals surface area contributed by atoms with Crippen LogP contribution in [0, 0.1) is 0 Å². The SMILES string of the molecule is CCN(C(=O)c1cn(CCN)nn1)C(C)CN(C)C. The maximum absolute atomic E-state index is 12.4. The molecule has 0 fully saturated rings. The molecule has 2 N–H and O–H groups in total. The Morgan fingerprint density at radius 1 is 1.53 bits per heavy atom. The third-order valence-electron chi connectivity index (χ3n) is 2.88. The van der Waals surface area contributed by atoms with Crippen molar-refractivity contribution in [1.82, 2.24) is 24.8 Å². The summed E-state index contributed by atoms with van der Waals surface area (Å²) in [7, 11) is 3.98. The molecule has 0 bridgehead atoms. The second kappa shape index (κ2) is 7.20. The van der Waals surface area contributed by atoms with Crippen LogP contribution in [0.4, 0.5) is 0 Å². The number of aromatic nitrogens is 3.